The Morgan fingerprint density at radius 2 is 1.94 bits per heavy atom. The Morgan fingerprint density at radius 1 is 1.33 bits per heavy atom. The van der Waals surface area contributed by atoms with Gasteiger partial charge in [0.1, 0.15) is 0 Å². The van der Waals surface area contributed by atoms with E-state index in [1.165, 1.54) is 0 Å². The van der Waals surface area contributed by atoms with Gasteiger partial charge in [0.15, 0.2) is 0 Å². The van der Waals surface area contributed by atoms with Crippen molar-refractivity contribution >= 4 is 20.8 Å². The molecule has 0 heterocycles. The second-order valence-corrected chi connectivity index (χ2v) is 7.80. The fourth-order valence-corrected chi connectivity index (χ4v) is 3.24. The van der Waals surface area contributed by atoms with E-state index in [0.717, 1.165) is 5.56 Å². The smallest absolute Gasteiger partial charge is 0.240 e. The Labute approximate surface area is 111 Å². The number of rotatable bonds is 6. The summed E-state index contributed by atoms with van der Waals surface area (Å²) in [7, 11) is -4.38. The highest BCUT2D eigenvalue weighted by atomic mass is 32.2. The molecule has 0 aromatic heterocycles. The average molecular weight is 289 g/mol. The molecular weight excluding hydrogens is 270 g/mol. The Bertz CT molecular complexity index is 526. The van der Waals surface area contributed by atoms with E-state index >= 15 is 0 Å². The summed E-state index contributed by atoms with van der Waals surface area (Å²) < 4.78 is 37.7. The highest BCUT2D eigenvalue weighted by molar-refractivity contribution is 7.89. The van der Waals surface area contributed by atoms with Crippen molar-refractivity contribution in [3.63, 3.8) is 0 Å². The lowest BCUT2D eigenvalue weighted by Crippen LogP contribution is -2.28. The van der Waals surface area contributed by atoms with Crippen molar-refractivity contribution in [1.29, 1.82) is 0 Å². The highest BCUT2D eigenvalue weighted by Gasteiger charge is 2.16. The van der Waals surface area contributed by atoms with E-state index in [1.807, 2.05) is 6.92 Å². The van der Waals surface area contributed by atoms with Gasteiger partial charge >= 0.3 is 0 Å². The molecule has 2 unspecified atom stereocenters. The minimum absolute atomic E-state index is 0.00966. The van der Waals surface area contributed by atoms with Gasteiger partial charge in [-0.3, -0.25) is 4.21 Å². The molecule has 1 N–H and O–H groups in total. The quantitative estimate of drug-likeness (QED) is 0.861. The molecule has 0 amide bonds. The topological polar surface area (TPSA) is 63.2 Å². The van der Waals surface area contributed by atoms with Crippen LogP contribution in [-0.2, 0) is 20.8 Å². The van der Waals surface area contributed by atoms with Gasteiger partial charge < -0.3 is 0 Å². The molecule has 1 aromatic carbocycles. The van der Waals surface area contributed by atoms with Gasteiger partial charge in [-0.25, -0.2) is 13.1 Å². The number of nitrogens with one attached hydrogen (secondary N) is 1. The minimum Gasteiger partial charge on any atom is -0.260 e. The maximum absolute atomic E-state index is 12.0. The van der Waals surface area contributed by atoms with Gasteiger partial charge in [-0.1, -0.05) is 25.1 Å². The predicted molar refractivity (Wildman–Crippen MR) is 74.5 cm³/mol. The summed E-state index contributed by atoms with van der Waals surface area (Å²) in [6, 6.07) is 6.85. The lowest BCUT2D eigenvalue weighted by atomic mass is 10.2. The van der Waals surface area contributed by atoms with Crippen LogP contribution in [0.4, 0.5) is 0 Å². The maximum atomic E-state index is 12.0. The Balaban J connectivity index is 2.67. The standard InChI is InChI=1S/C12H19NO3S2/c1-10-6-4-5-7-12(10)18(15,16)13-9-8-11(2)17(3)14/h4-7,11,13H,8-9H2,1-3H3. The molecule has 0 saturated carbocycles. The molecule has 0 bridgehead atoms. The van der Waals surface area contributed by atoms with Crippen LogP contribution in [0, 0.1) is 6.92 Å². The molecule has 0 aliphatic rings. The van der Waals surface area contributed by atoms with Gasteiger partial charge in [-0.2, -0.15) is 0 Å². The molecule has 18 heavy (non-hydrogen) atoms. The van der Waals surface area contributed by atoms with Crippen molar-refractivity contribution in [1.82, 2.24) is 4.72 Å². The third-order valence-corrected chi connectivity index (χ3v) is 5.78. The largest absolute Gasteiger partial charge is 0.260 e. The molecule has 1 rings (SSSR count). The first-order valence-electron chi connectivity index (χ1n) is 5.72. The Hall–Kier alpha value is -0.720. The van der Waals surface area contributed by atoms with Crippen LogP contribution in [-0.4, -0.2) is 30.7 Å². The second kappa shape index (κ2) is 6.45. The summed E-state index contributed by atoms with van der Waals surface area (Å²) >= 11 is 0. The summed E-state index contributed by atoms with van der Waals surface area (Å²) in [6.45, 7) is 3.91. The van der Waals surface area contributed by atoms with E-state index in [1.54, 1.807) is 37.4 Å². The van der Waals surface area contributed by atoms with E-state index in [0.29, 0.717) is 17.9 Å². The fourth-order valence-electron chi connectivity index (χ4n) is 1.50. The molecule has 0 aliphatic heterocycles. The molecule has 4 nitrogen and oxygen atoms in total. The lowest BCUT2D eigenvalue weighted by Gasteiger charge is -2.11. The first-order chi connectivity index (χ1) is 8.34. The van der Waals surface area contributed by atoms with E-state index in [-0.39, 0.29) is 5.25 Å². The summed E-state index contributed by atoms with van der Waals surface area (Å²) in [6.07, 6.45) is 2.19. The molecule has 0 aliphatic carbocycles. The number of aryl methyl sites for hydroxylation is 1. The summed E-state index contributed by atoms with van der Waals surface area (Å²) in [5.74, 6) is 0. The van der Waals surface area contributed by atoms with Crippen molar-refractivity contribution in [3.8, 4) is 0 Å². The first-order valence-corrected chi connectivity index (χ1v) is 8.82. The molecule has 0 fully saturated rings. The lowest BCUT2D eigenvalue weighted by molar-refractivity contribution is 0.577. The Kier molecular flexibility index (Phi) is 5.49. The van der Waals surface area contributed by atoms with Crippen LogP contribution in [0.15, 0.2) is 29.2 Å². The summed E-state index contributed by atoms with van der Waals surface area (Å²) in [4.78, 5) is 0.301. The van der Waals surface area contributed by atoms with E-state index in [2.05, 4.69) is 4.72 Å². The molecule has 0 saturated heterocycles. The van der Waals surface area contributed by atoms with Crippen LogP contribution in [0.3, 0.4) is 0 Å². The number of benzene rings is 1. The van der Waals surface area contributed by atoms with Crippen LogP contribution in [0.5, 0.6) is 0 Å². The predicted octanol–water partition coefficient (Wildman–Crippen LogP) is 1.43. The van der Waals surface area contributed by atoms with E-state index in [4.69, 9.17) is 0 Å². The third kappa shape index (κ3) is 4.19. The molecule has 1 aromatic rings. The van der Waals surface area contributed by atoms with Gasteiger partial charge in [0.25, 0.3) is 0 Å². The average Bonchev–Trinajstić information content (AvgIpc) is 2.28. The fraction of sp³-hybridized carbons (Fsp3) is 0.500. The zero-order valence-corrected chi connectivity index (χ0v) is 12.5. The van der Waals surface area contributed by atoms with Crippen LogP contribution in [0.1, 0.15) is 18.9 Å². The third-order valence-electron chi connectivity index (χ3n) is 2.79. The highest BCUT2D eigenvalue weighted by Crippen LogP contribution is 2.13. The summed E-state index contributed by atoms with van der Waals surface area (Å²) in [5.41, 5.74) is 0.720. The molecular formula is C12H19NO3S2. The molecule has 0 radical (unpaired) electrons. The van der Waals surface area contributed by atoms with Crippen LogP contribution < -0.4 is 4.72 Å². The van der Waals surface area contributed by atoms with Crippen LogP contribution in [0.2, 0.25) is 0 Å². The minimum atomic E-state index is -3.46. The van der Waals surface area contributed by atoms with Gasteiger partial charge in [0.2, 0.25) is 10.0 Å². The number of sulfonamides is 1. The molecule has 6 heteroatoms. The maximum Gasteiger partial charge on any atom is 0.240 e. The molecule has 102 valence electrons. The Morgan fingerprint density at radius 3 is 2.50 bits per heavy atom. The van der Waals surface area contributed by atoms with E-state index in [9.17, 15) is 12.6 Å². The van der Waals surface area contributed by atoms with Crippen LogP contribution in [0.25, 0.3) is 0 Å². The molecule has 0 spiro atoms. The van der Waals surface area contributed by atoms with Crippen LogP contribution >= 0.6 is 0 Å². The van der Waals surface area contributed by atoms with Crippen molar-refractivity contribution < 1.29 is 12.6 Å². The van der Waals surface area contributed by atoms with Crippen molar-refractivity contribution in [3.05, 3.63) is 29.8 Å². The van der Waals surface area contributed by atoms with Gasteiger partial charge in [-0.15, -0.1) is 0 Å². The zero-order valence-electron chi connectivity index (χ0n) is 10.8. The van der Waals surface area contributed by atoms with Gasteiger partial charge in [0.05, 0.1) is 4.90 Å². The number of hydrogen-bond acceptors (Lipinski definition) is 3. The van der Waals surface area contributed by atoms with E-state index < -0.39 is 20.8 Å². The first kappa shape index (κ1) is 15.3. The number of hydrogen-bond donors (Lipinski definition) is 1. The van der Waals surface area contributed by atoms with Gasteiger partial charge in [-0.05, 0) is 25.0 Å². The van der Waals surface area contributed by atoms with Gasteiger partial charge in [0, 0.05) is 28.9 Å². The summed E-state index contributed by atoms with van der Waals surface area (Å²) in [5, 5.41) is -0.00966. The SMILES string of the molecule is Cc1ccccc1S(=O)(=O)NCCC(C)S(C)=O. The normalized spacial score (nSPS) is 15.3. The van der Waals surface area contributed by atoms with Crippen molar-refractivity contribution in [2.45, 2.75) is 30.4 Å². The van der Waals surface area contributed by atoms with Crippen molar-refractivity contribution in [2.24, 2.45) is 0 Å². The monoisotopic (exact) mass is 289 g/mol. The van der Waals surface area contributed by atoms with Crippen molar-refractivity contribution in [2.75, 3.05) is 12.8 Å². The molecule has 2 atom stereocenters. The zero-order chi connectivity index (χ0) is 13.8. The second-order valence-electron chi connectivity index (χ2n) is 4.26.